The lowest BCUT2D eigenvalue weighted by Crippen LogP contribution is -2.54. The third kappa shape index (κ3) is 5.03. The quantitative estimate of drug-likeness (QED) is 0.216. The van der Waals surface area contributed by atoms with Crippen molar-refractivity contribution in [2.75, 3.05) is 12.0 Å². The zero-order valence-corrected chi connectivity index (χ0v) is 19.5. The number of ether oxygens (including phenoxy) is 2. The molecule has 0 aliphatic carbocycles. The van der Waals surface area contributed by atoms with Crippen LogP contribution in [0.4, 0.5) is 16.2 Å². The van der Waals surface area contributed by atoms with Crippen LogP contribution in [0.2, 0.25) is 5.02 Å². The molecule has 1 aliphatic heterocycles. The van der Waals surface area contributed by atoms with Crippen molar-refractivity contribution < 1.29 is 28.8 Å². The summed E-state index contributed by atoms with van der Waals surface area (Å²) in [6.07, 6.45) is 1.27. The average molecular weight is 508 g/mol. The zero-order chi connectivity index (χ0) is 25.8. The predicted molar refractivity (Wildman–Crippen MR) is 131 cm³/mol. The van der Waals surface area contributed by atoms with Crippen molar-refractivity contribution in [3.05, 3.63) is 98.6 Å². The van der Waals surface area contributed by atoms with Gasteiger partial charge in [-0.2, -0.15) is 0 Å². The van der Waals surface area contributed by atoms with Crippen LogP contribution < -0.4 is 19.7 Å². The molecule has 3 aromatic carbocycles. The molecule has 0 saturated carbocycles. The van der Waals surface area contributed by atoms with Crippen molar-refractivity contribution >= 4 is 46.9 Å². The number of hydrogen-bond donors (Lipinski definition) is 1. The van der Waals surface area contributed by atoms with Crippen molar-refractivity contribution in [1.82, 2.24) is 5.32 Å². The molecule has 1 saturated heterocycles. The van der Waals surface area contributed by atoms with Gasteiger partial charge in [0.15, 0.2) is 0 Å². The van der Waals surface area contributed by atoms with Gasteiger partial charge in [0, 0.05) is 34.3 Å². The van der Waals surface area contributed by atoms with Crippen LogP contribution in [0.25, 0.3) is 6.08 Å². The van der Waals surface area contributed by atoms with Gasteiger partial charge >= 0.3 is 6.03 Å². The highest BCUT2D eigenvalue weighted by molar-refractivity contribution is 6.39. The van der Waals surface area contributed by atoms with Crippen LogP contribution in [-0.4, -0.2) is 29.9 Å². The number of carbonyl (C=O) groups is 3. The lowest BCUT2D eigenvalue weighted by atomic mass is 10.1. The number of nitrogens with one attached hydrogen (secondary N) is 1. The molecule has 0 atom stereocenters. The third-order valence-electron chi connectivity index (χ3n) is 5.26. The van der Waals surface area contributed by atoms with E-state index in [0.29, 0.717) is 27.0 Å². The Hall–Kier alpha value is -4.70. The maximum absolute atomic E-state index is 13.2. The molecule has 0 aromatic heterocycles. The number of non-ortho nitro benzene ring substituents is 1. The highest BCUT2D eigenvalue weighted by Crippen LogP contribution is 2.31. The first-order chi connectivity index (χ1) is 17.3. The Balaban J connectivity index is 1.70. The first-order valence-corrected chi connectivity index (χ1v) is 10.9. The van der Waals surface area contributed by atoms with Crippen LogP contribution in [0.15, 0.2) is 72.3 Å². The summed E-state index contributed by atoms with van der Waals surface area (Å²) in [5.41, 5.74) is 0.328. The molecule has 11 heteroatoms. The Morgan fingerprint density at radius 3 is 2.56 bits per heavy atom. The average Bonchev–Trinajstić information content (AvgIpc) is 2.86. The van der Waals surface area contributed by atoms with Crippen LogP contribution >= 0.6 is 11.6 Å². The lowest BCUT2D eigenvalue weighted by molar-refractivity contribution is -0.384. The maximum Gasteiger partial charge on any atom is 0.335 e. The first kappa shape index (κ1) is 24.4. The van der Waals surface area contributed by atoms with E-state index in [-0.39, 0.29) is 23.6 Å². The highest BCUT2D eigenvalue weighted by Gasteiger charge is 2.37. The summed E-state index contributed by atoms with van der Waals surface area (Å²) in [6, 6.07) is 15.8. The van der Waals surface area contributed by atoms with Crippen LogP contribution in [0.3, 0.4) is 0 Å². The largest absolute Gasteiger partial charge is 0.497 e. The number of amides is 4. The van der Waals surface area contributed by atoms with Gasteiger partial charge in [-0.25, -0.2) is 9.69 Å². The minimum Gasteiger partial charge on any atom is -0.497 e. The number of hydrogen-bond acceptors (Lipinski definition) is 7. The monoisotopic (exact) mass is 507 g/mol. The van der Waals surface area contributed by atoms with E-state index in [4.69, 9.17) is 21.1 Å². The van der Waals surface area contributed by atoms with Crippen molar-refractivity contribution in [3.63, 3.8) is 0 Å². The molecule has 1 heterocycles. The summed E-state index contributed by atoms with van der Waals surface area (Å²) >= 11 is 6.21. The van der Waals surface area contributed by atoms with Gasteiger partial charge in [-0.1, -0.05) is 35.9 Å². The molecule has 0 radical (unpaired) electrons. The number of nitrogens with zero attached hydrogens (tertiary/aromatic N) is 2. The fourth-order valence-corrected chi connectivity index (χ4v) is 3.64. The van der Waals surface area contributed by atoms with E-state index in [1.54, 1.807) is 36.4 Å². The number of nitro benzene ring substituents is 1. The minimum absolute atomic E-state index is 0.0602. The molecule has 0 bridgehead atoms. The smallest absolute Gasteiger partial charge is 0.335 e. The van der Waals surface area contributed by atoms with E-state index in [9.17, 15) is 24.5 Å². The Morgan fingerprint density at radius 2 is 1.83 bits per heavy atom. The Kier molecular flexibility index (Phi) is 6.98. The first-order valence-electron chi connectivity index (χ1n) is 10.5. The zero-order valence-electron chi connectivity index (χ0n) is 18.8. The summed E-state index contributed by atoms with van der Waals surface area (Å²) in [5.74, 6) is -1.10. The molecule has 4 amide bonds. The maximum atomic E-state index is 13.2. The van der Waals surface area contributed by atoms with Gasteiger partial charge in [0.05, 0.1) is 17.7 Å². The molecule has 0 spiro atoms. The normalized spacial score (nSPS) is 14.6. The van der Waals surface area contributed by atoms with Gasteiger partial charge in [-0.05, 0) is 30.3 Å². The number of rotatable bonds is 7. The van der Waals surface area contributed by atoms with Crippen molar-refractivity contribution in [2.45, 2.75) is 6.61 Å². The molecule has 1 N–H and O–H groups in total. The molecular formula is C25H18ClN3O7. The van der Waals surface area contributed by atoms with Crippen LogP contribution in [0.5, 0.6) is 11.5 Å². The number of nitro groups is 1. The fraction of sp³-hybridized carbons (Fsp3) is 0.0800. The number of methoxy groups -OCH3 is 1. The fourth-order valence-electron chi connectivity index (χ4n) is 3.45. The van der Waals surface area contributed by atoms with E-state index in [0.717, 1.165) is 11.6 Å². The number of barbiturate groups is 1. The molecular weight excluding hydrogens is 490 g/mol. The number of carbonyl (C=O) groups excluding carboxylic acids is 3. The number of urea groups is 1. The van der Waals surface area contributed by atoms with Crippen molar-refractivity contribution in [1.29, 1.82) is 0 Å². The second-order valence-electron chi connectivity index (χ2n) is 7.52. The summed E-state index contributed by atoms with van der Waals surface area (Å²) in [6.45, 7) is 0.0987. The Morgan fingerprint density at radius 1 is 1.06 bits per heavy atom. The topological polar surface area (TPSA) is 128 Å². The summed E-state index contributed by atoms with van der Waals surface area (Å²) < 4.78 is 11.2. The van der Waals surface area contributed by atoms with Gasteiger partial charge in [-0.15, -0.1) is 0 Å². The molecule has 36 heavy (non-hydrogen) atoms. The van der Waals surface area contributed by atoms with Gasteiger partial charge in [-0.3, -0.25) is 25.0 Å². The molecule has 182 valence electrons. The molecule has 3 aromatic rings. The van der Waals surface area contributed by atoms with E-state index in [1.165, 1.54) is 31.4 Å². The van der Waals surface area contributed by atoms with Crippen LogP contribution in [0, 0.1) is 10.1 Å². The van der Waals surface area contributed by atoms with Gasteiger partial charge in [0.1, 0.15) is 23.7 Å². The van der Waals surface area contributed by atoms with Crippen molar-refractivity contribution in [2.24, 2.45) is 0 Å². The van der Waals surface area contributed by atoms with E-state index in [2.05, 4.69) is 5.32 Å². The van der Waals surface area contributed by atoms with E-state index >= 15 is 0 Å². The third-order valence-corrected chi connectivity index (χ3v) is 5.63. The van der Waals surface area contributed by atoms with Crippen LogP contribution in [-0.2, 0) is 16.2 Å². The second-order valence-corrected chi connectivity index (χ2v) is 7.93. The Bertz CT molecular complexity index is 1420. The summed E-state index contributed by atoms with van der Waals surface area (Å²) in [5, 5.41) is 13.7. The molecule has 1 aliphatic rings. The highest BCUT2D eigenvalue weighted by atomic mass is 35.5. The summed E-state index contributed by atoms with van der Waals surface area (Å²) in [4.78, 5) is 49.4. The SMILES string of the molecule is COc1ccc(/C=C2\C(=O)NC(=O)N(c3cccc([N+](=O)[O-])c3)C2=O)c(OCc2ccccc2Cl)c1. The number of halogens is 1. The lowest BCUT2D eigenvalue weighted by Gasteiger charge is -2.26. The summed E-state index contributed by atoms with van der Waals surface area (Å²) in [7, 11) is 1.48. The van der Waals surface area contributed by atoms with Crippen LogP contribution in [0.1, 0.15) is 11.1 Å². The standard InChI is InChI=1S/C25H18ClN3O7/c1-35-19-10-9-15(22(13-19)36-14-16-5-2-3-8-21(16)26)11-20-23(30)27-25(32)28(24(20)31)17-6-4-7-18(12-17)29(33)34/h2-13H,14H2,1H3,(H,27,30,32)/b20-11+. The number of benzene rings is 3. The predicted octanol–water partition coefficient (Wildman–Crippen LogP) is 4.50. The van der Waals surface area contributed by atoms with E-state index in [1.807, 2.05) is 6.07 Å². The molecule has 0 unspecified atom stereocenters. The molecule has 1 fully saturated rings. The van der Waals surface area contributed by atoms with Gasteiger partial charge in [0.25, 0.3) is 17.5 Å². The van der Waals surface area contributed by atoms with Gasteiger partial charge < -0.3 is 9.47 Å². The van der Waals surface area contributed by atoms with Crippen molar-refractivity contribution in [3.8, 4) is 11.5 Å². The molecule has 10 nitrogen and oxygen atoms in total. The van der Waals surface area contributed by atoms with Gasteiger partial charge in [0.2, 0.25) is 0 Å². The minimum atomic E-state index is -1.02. The van der Waals surface area contributed by atoms with E-state index < -0.39 is 22.8 Å². The number of anilines is 1. The molecule has 4 rings (SSSR count). The second kappa shape index (κ2) is 10.3. The number of imide groups is 2. The Labute approximate surface area is 209 Å².